The largest absolute Gasteiger partial charge is 0.351 e. The number of amides is 3. The van der Waals surface area contributed by atoms with Crippen LogP contribution in [0.1, 0.15) is 30.9 Å². The lowest BCUT2D eigenvalue weighted by molar-refractivity contribution is -0.132. The Balaban J connectivity index is 1.59. The van der Waals surface area contributed by atoms with Crippen LogP contribution in [-0.4, -0.2) is 29.9 Å². The highest BCUT2D eigenvalue weighted by atomic mass is 16.2. The van der Waals surface area contributed by atoms with Crippen molar-refractivity contribution in [1.82, 2.24) is 10.2 Å². The SMILES string of the molecule is Cc1cccc(NC(=O)N2CCC[C@@](C)(C(=O)NCc3ccccc3)C2)c1. The smallest absolute Gasteiger partial charge is 0.321 e. The number of urea groups is 1. The number of nitrogens with one attached hydrogen (secondary N) is 2. The molecule has 27 heavy (non-hydrogen) atoms. The highest BCUT2D eigenvalue weighted by Gasteiger charge is 2.39. The Hall–Kier alpha value is -2.82. The molecule has 1 saturated heterocycles. The van der Waals surface area contributed by atoms with Crippen LogP contribution in [0.25, 0.3) is 0 Å². The minimum atomic E-state index is -0.572. The molecule has 0 spiro atoms. The molecule has 3 rings (SSSR count). The van der Waals surface area contributed by atoms with Gasteiger partial charge in [0.2, 0.25) is 5.91 Å². The number of nitrogens with zero attached hydrogens (tertiary/aromatic N) is 1. The van der Waals surface area contributed by atoms with Gasteiger partial charge in [0.15, 0.2) is 0 Å². The molecule has 1 atom stereocenters. The molecule has 0 unspecified atom stereocenters. The maximum Gasteiger partial charge on any atom is 0.321 e. The molecule has 0 aromatic heterocycles. The van der Waals surface area contributed by atoms with Crippen LogP contribution >= 0.6 is 0 Å². The second-order valence-electron chi connectivity index (χ2n) is 7.55. The summed E-state index contributed by atoms with van der Waals surface area (Å²) in [6.07, 6.45) is 1.60. The summed E-state index contributed by atoms with van der Waals surface area (Å²) in [5.41, 5.74) is 2.37. The lowest BCUT2D eigenvalue weighted by Gasteiger charge is -2.39. The number of carbonyl (C=O) groups excluding carboxylic acids is 2. The standard InChI is InChI=1S/C22H27N3O2/c1-17-8-6-11-19(14-17)24-21(27)25-13-7-12-22(2,16-25)20(26)23-15-18-9-4-3-5-10-18/h3-6,8-11,14H,7,12-13,15-16H2,1-2H3,(H,23,26)(H,24,27)/t22-/m1/s1. The van der Waals surface area contributed by atoms with Crippen molar-refractivity contribution in [3.05, 3.63) is 65.7 Å². The summed E-state index contributed by atoms with van der Waals surface area (Å²) in [4.78, 5) is 27.2. The molecule has 0 bridgehead atoms. The van der Waals surface area contributed by atoms with Crippen LogP contribution in [0.15, 0.2) is 54.6 Å². The van der Waals surface area contributed by atoms with E-state index in [-0.39, 0.29) is 11.9 Å². The number of rotatable bonds is 4. The van der Waals surface area contributed by atoms with Crippen LogP contribution in [-0.2, 0) is 11.3 Å². The molecular weight excluding hydrogens is 338 g/mol. The summed E-state index contributed by atoms with van der Waals surface area (Å²) in [6.45, 7) is 5.53. The summed E-state index contributed by atoms with van der Waals surface area (Å²) < 4.78 is 0. The molecule has 1 heterocycles. The number of carbonyl (C=O) groups is 2. The number of aryl methyl sites for hydroxylation is 1. The van der Waals surface area contributed by atoms with Gasteiger partial charge in [-0.15, -0.1) is 0 Å². The van der Waals surface area contributed by atoms with Crippen molar-refractivity contribution < 1.29 is 9.59 Å². The first-order valence-electron chi connectivity index (χ1n) is 9.41. The first-order valence-corrected chi connectivity index (χ1v) is 9.41. The molecule has 2 aromatic rings. The Morgan fingerprint density at radius 2 is 1.89 bits per heavy atom. The van der Waals surface area contributed by atoms with Crippen LogP contribution < -0.4 is 10.6 Å². The van der Waals surface area contributed by atoms with Gasteiger partial charge in [-0.2, -0.15) is 0 Å². The molecule has 1 fully saturated rings. The predicted molar refractivity (Wildman–Crippen MR) is 107 cm³/mol. The Bertz CT molecular complexity index is 806. The molecule has 3 amide bonds. The van der Waals surface area contributed by atoms with Gasteiger partial charge in [-0.05, 0) is 49.9 Å². The summed E-state index contributed by atoms with van der Waals surface area (Å²) >= 11 is 0. The van der Waals surface area contributed by atoms with Gasteiger partial charge >= 0.3 is 6.03 Å². The molecule has 5 nitrogen and oxygen atoms in total. The number of anilines is 1. The molecule has 0 saturated carbocycles. The Kier molecular flexibility index (Phi) is 5.79. The van der Waals surface area contributed by atoms with Crippen molar-refractivity contribution in [3.8, 4) is 0 Å². The first kappa shape index (κ1) is 19.0. The van der Waals surface area contributed by atoms with E-state index in [9.17, 15) is 9.59 Å². The fourth-order valence-corrected chi connectivity index (χ4v) is 3.52. The van der Waals surface area contributed by atoms with E-state index >= 15 is 0 Å². The monoisotopic (exact) mass is 365 g/mol. The topological polar surface area (TPSA) is 61.4 Å². The summed E-state index contributed by atoms with van der Waals surface area (Å²) in [7, 11) is 0. The van der Waals surface area contributed by atoms with Crippen LogP contribution in [0.5, 0.6) is 0 Å². The minimum Gasteiger partial charge on any atom is -0.351 e. The van der Waals surface area contributed by atoms with Crippen molar-refractivity contribution in [2.45, 2.75) is 33.2 Å². The molecule has 0 radical (unpaired) electrons. The Morgan fingerprint density at radius 3 is 2.63 bits per heavy atom. The number of likely N-dealkylation sites (tertiary alicyclic amines) is 1. The van der Waals surface area contributed by atoms with Crippen molar-refractivity contribution in [2.24, 2.45) is 5.41 Å². The zero-order valence-electron chi connectivity index (χ0n) is 16.0. The highest BCUT2D eigenvalue weighted by molar-refractivity contribution is 5.90. The molecule has 2 N–H and O–H groups in total. The fourth-order valence-electron chi connectivity index (χ4n) is 3.52. The summed E-state index contributed by atoms with van der Waals surface area (Å²) in [5.74, 6) is -0.000548. The van der Waals surface area contributed by atoms with E-state index in [0.29, 0.717) is 19.6 Å². The van der Waals surface area contributed by atoms with Crippen LogP contribution in [0.3, 0.4) is 0 Å². The van der Waals surface area contributed by atoms with Crippen molar-refractivity contribution >= 4 is 17.6 Å². The second-order valence-corrected chi connectivity index (χ2v) is 7.55. The number of benzene rings is 2. The Morgan fingerprint density at radius 1 is 1.11 bits per heavy atom. The van der Waals surface area contributed by atoms with Crippen LogP contribution in [0.4, 0.5) is 10.5 Å². The van der Waals surface area contributed by atoms with Gasteiger partial charge in [-0.1, -0.05) is 42.5 Å². The molecule has 1 aliphatic rings. The van der Waals surface area contributed by atoms with Crippen LogP contribution in [0.2, 0.25) is 0 Å². The van der Waals surface area contributed by atoms with Crippen molar-refractivity contribution in [3.63, 3.8) is 0 Å². The number of piperidine rings is 1. The fraction of sp³-hybridized carbons (Fsp3) is 0.364. The zero-order valence-corrected chi connectivity index (χ0v) is 16.0. The molecule has 2 aromatic carbocycles. The predicted octanol–water partition coefficient (Wildman–Crippen LogP) is 3.95. The normalized spacial score (nSPS) is 19.4. The minimum absolute atomic E-state index is 0.000548. The van der Waals surface area contributed by atoms with E-state index in [0.717, 1.165) is 29.7 Å². The zero-order chi connectivity index (χ0) is 19.3. The van der Waals surface area contributed by atoms with Gasteiger partial charge in [0, 0.05) is 25.3 Å². The van der Waals surface area contributed by atoms with Gasteiger partial charge in [-0.25, -0.2) is 4.79 Å². The van der Waals surface area contributed by atoms with E-state index in [1.807, 2.05) is 68.4 Å². The highest BCUT2D eigenvalue weighted by Crippen LogP contribution is 2.30. The average molecular weight is 365 g/mol. The Labute approximate surface area is 160 Å². The van der Waals surface area contributed by atoms with E-state index in [1.54, 1.807) is 4.90 Å². The van der Waals surface area contributed by atoms with E-state index in [2.05, 4.69) is 10.6 Å². The third kappa shape index (κ3) is 4.88. The third-order valence-corrected chi connectivity index (χ3v) is 5.10. The van der Waals surface area contributed by atoms with Gasteiger partial charge in [0.05, 0.1) is 5.41 Å². The number of hydrogen-bond donors (Lipinski definition) is 2. The molecule has 5 heteroatoms. The lowest BCUT2D eigenvalue weighted by atomic mass is 9.81. The average Bonchev–Trinajstić information content (AvgIpc) is 2.67. The van der Waals surface area contributed by atoms with Gasteiger partial charge in [0.1, 0.15) is 0 Å². The van der Waals surface area contributed by atoms with Gasteiger partial charge in [0.25, 0.3) is 0 Å². The second kappa shape index (κ2) is 8.25. The third-order valence-electron chi connectivity index (χ3n) is 5.10. The maximum atomic E-state index is 12.8. The van der Waals surface area contributed by atoms with Crippen molar-refractivity contribution in [2.75, 3.05) is 18.4 Å². The molecule has 0 aliphatic carbocycles. The van der Waals surface area contributed by atoms with Crippen molar-refractivity contribution in [1.29, 1.82) is 0 Å². The van der Waals surface area contributed by atoms with E-state index in [4.69, 9.17) is 0 Å². The lowest BCUT2D eigenvalue weighted by Crippen LogP contribution is -2.52. The maximum absolute atomic E-state index is 12.8. The quantitative estimate of drug-likeness (QED) is 0.862. The van der Waals surface area contributed by atoms with E-state index < -0.39 is 5.41 Å². The van der Waals surface area contributed by atoms with Crippen LogP contribution in [0, 0.1) is 12.3 Å². The van der Waals surface area contributed by atoms with E-state index in [1.165, 1.54) is 0 Å². The first-order chi connectivity index (χ1) is 13.0. The molecular formula is C22H27N3O2. The van der Waals surface area contributed by atoms with Gasteiger partial charge < -0.3 is 15.5 Å². The molecule has 142 valence electrons. The summed E-state index contributed by atoms with van der Waals surface area (Å²) in [6, 6.07) is 17.4. The van der Waals surface area contributed by atoms with Gasteiger partial charge in [-0.3, -0.25) is 4.79 Å². The number of hydrogen-bond acceptors (Lipinski definition) is 2. The molecule has 1 aliphatic heterocycles. The summed E-state index contributed by atoms with van der Waals surface area (Å²) in [5, 5.41) is 5.97.